The summed E-state index contributed by atoms with van der Waals surface area (Å²) >= 11 is 1.67. The van der Waals surface area contributed by atoms with Crippen LogP contribution in [0.25, 0.3) is 32.4 Å². The van der Waals surface area contributed by atoms with E-state index in [4.69, 9.17) is 0 Å². The molecule has 7 heteroatoms. The Morgan fingerprint density at radius 1 is 1.06 bits per heavy atom. The molecule has 5 aromatic rings. The number of nitrogens with zero attached hydrogens (tertiary/aromatic N) is 3. The normalized spacial score (nSPS) is 19.1. The first-order chi connectivity index (χ1) is 16.7. The Kier molecular flexibility index (Phi) is 5.36. The highest BCUT2D eigenvalue weighted by Gasteiger charge is 2.23. The first-order valence-corrected chi connectivity index (χ1v) is 12.4. The van der Waals surface area contributed by atoms with Crippen molar-refractivity contribution in [2.75, 3.05) is 0 Å². The van der Waals surface area contributed by atoms with Crippen LogP contribution in [0.2, 0.25) is 0 Å². The van der Waals surface area contributed by atoms with Gasteiger partial charge in [-0.3, -0.25) is 9.78 Å². The fraction of sp³-hybridized carbons (Fsp3) is 0.222. The summed E-state index contributed by atoms with van der Waals surface area (Å²) < 4.78 is 3.32. The minimum Gasteiger partial charge on any atom is -0.393 e. The van der Waals surface area contributed by atoms with Crippen LogP contribution < -0.4 is 5.62 Å². The van der Waals surface area contributed by atoms with Crippen molar-refractivity contribution >= 4 is 38.4 Å². The van der Waals surface area contributed by atoms with E-state index in [0.717, 1.165) is 53.4 Å². The summed E-state index contributed by atoms with van der Waals surface area (Å²) in [4.78, 5) is 25.7. The summed E-state index contributed by atoms with van der Waals surface area (Å²) in [6.45, 7) is 0. The van der Waals surface area contributed by atoms with Gasteiger partial charge in [-0.25, -0.2) is 0 Å². The number of H-pyrrole nitrogens is 1. The Bertz CT molecular complexity index is 1570. The van der Waals surface area contributed by atoms with E-state index in [9.17, 15) is 9.90 Å². The molecular weight excluding hydrogens is 444 g/mol. The highest BCUT2D eigenvalue weighted by Crippen LogP contribution is 2.33. The number of pyridine rings is 1. The Morgan fingerprint density at radius 3 is 2.74 bits per heavy atom. The van der Waals surface area contributed by atoms with Crippen molar-refractivity contribution in [3.63, 3.8) is 0 Å². The molecule has 0 spiro atoms. The molecule has 2 N–H and O–H groups in total. The van der Waals surface area contributed by atoms with Gasteiger partial charge in [-0.1, -0.05) is 30.3 Å². The summed E-state index contributed by atoms with van der Waals surface area (Å²) in [5, 5.41) is 13.2. The standard InChI is InChI=1S/C27H24N4O2S/c32-19-11-9-18(10-12-19)31-24-7-3-2-6-22(24)29-27(31)30-26(33)17-13-14-28-23(15-17)21-16-34-25-8-4-1-5-20(21)25/h1-8,13-16,18-19,32H,9-12H2,(H,29,30,33)/t18-,19+. The number of hydrogen-bond acceptors (Lipinski definition) is 4. The average Bonchev–Trinajstić information content (AvgIpc) is 3.46. The molecule has 1 saturated carbocycles. The van der Waals surface area contributed by atoms with E-state index in [-0.39, 0.29) is 18.1 Å². The van der Waals surface area contributed by atoms with Crippen molar-refractivity contribution in [1.82, 2.24) is 14.5 Å². The van der Waals surface area contributed by atoms with Crippen molar-refractivity contribution in [2.24, 2.45) is 4.99 Å². The van der Waals surface area contributed by atoms with Gasteiger partial charge in [-0.2, -0.15) is 4.99 Å². The lowest BCUT2D eigenvalue weighted by Gasteiger charge is -2.27. The molecular formula is C27H24N4O2S. The van der Waals surface area contributed by atoms with E-state index in [2.05, 4.69) is 37.0 Å². The Balaban J connectivity index is 1.41. The largest absolute Gasteiger partial charge is 0.393 e. The highest BCUT2D eigenvalue weighted by atomic mass is 32.1. The van der Waals surface area contributed by atoms with Crippen LogP contribution in [0.4, 0.5) is 0 Å². The second kappa shape index (κ2) is 8.66. The summed E-state index contributed by atoms with van der Waals surface area (Å²) in [5.74, 6) is -0.306. The van der Waals surface area contributed by atoms with Gasteiger partial charge in [0, 0.05) is 38.8 Å². The number of nitrogens with one attached hydrogen (secondary N) is 1. The van der Waals surface area contributed by atoms with E-state index in [1.54, 1.807) is 23.6 Å². The molecule has 0 bridgehead atoms. The molecule has 1 aliphatic rings. The van der Waals surface area contributed by atoms with Gasteiger partial charge in [0.05, 0.1) is 22.8 Å². The van der Waals surface area contributed by atoms with Gasteiger partial charge in [-0.05, 0) is 56.0 Å². The number of aromatic nitrogens is 3. The SMILES string of the molecule is O=C(/N=c1\[nH]c2ccccc2n1[C@H]1CC[C@@H](O)CC1)c1ccnc(-c2csc3ccccc23)c1. The van der Waals surface area contributed by atoms with Crippen molar-refractivity contribution in [2.45, 2.75) is 37.8 Å². The van der Waals surface area contributed by atoms with Crippen molar-refractivity contribution in [1.29, 1.82) is 0 Å². The molecule has 2 aromatic carbocycles. The van der Waals surface area contributed by atoms with Crippen molar-refractivity contribution < 1.29 is 9.90 Å². The third-order valence-electron chi connectivity index (χ3n) is 6.64. The number of aliphatic hydroxyl groups excluding tert-OH is 1. The molecule has 6 nitrogen and oxygen atoms in total. The molecule has 3 aromatic heterocycles. The second-order valence-corrected chi connectivity index (χ2v) is 9.70. The van der Waals surface area contributed by atoms with E-state index < -0.39 is 0 Å². The number of para-hydroxylation sites is 2. The molecule has 0 atom stereocenters. The first kappa shape index (κ1) is 21.0. The maximum absolute atomic E-state index is 13.3. The van der Waals surface area contributed by atoms with Crippen LogP contribution in [0.3, 0.4) is 0 Å². The number of aliphatic hydroxyl groups is 1. The van der Waals surface area contributed by atoms with E-state index in [0.29, 0.717) is 11.2 Å². The smallest absolute Gasteiger partial charge is 0.280 e. The molecule has 6 rings (SSSR count). The summed E-state index contributed by atoms with van der Waals surface area (Å²) in [5.41, 5.74) is 4.81. The number of aromatic amines is 1. The molecule has 3 heterocycles. The second-order valence-electron chi connectivity index (χ2n) is 8.79. The van der Waals surface area contributed by atoms with Crippen LogP contribution in [0, 0.1) is 0 Å². The Labute approximate surface area is 200 Å². The quantitative estimate of drug-likeness (QED) is 0.369. The number of rotatable bonds is 3. The Hall–Kier alpha value is -3.55. The van der Waals surface area contributed by atoms with Crippen LogP contribution in [0.15, 0.2) is 77.2 Å². The summed E-state index contributed by atoms with van der Waals surface area (Å²) in [6, 6.07) is 20.0. The molecule has 1 aliphatic carbocycles. The van der Waals surface area contributed by atoms with Gasteiger partial charge in [0.15, 0.2) is 0 Å². The van der Waals surface area contributed by atoms with Gasteiger partial charge >= 0.3 is 0 Å². The van der Waals surface area contributed by atoms with Gasteiger partial charge in [0.2, 0.25) is 5.62 Å². The predicted molar refractivity (Wildman–Crippen MR) is 135 cm³/mol. The van der Waals surface area contributed by atoms with Crippen LogP contribution in [0.1, 0.15) is 42.1 Å². The number of amides is 1. The number of imidazole rings is 1. The average molecular weight is 469 g/mol. The molecule has 1 amide bonds. The van der Waals surface area contributed by atoms with Crippen molar-refractivity contribution in [3.05, 3.63) is 83.4 Å². The Morgan fingerprint density at radius 2 is 1.85 bits per heavy atom. The fourth-order valence-electron chi connectivity index (χ4n) is 4.90. The van der Waals surface area contributed by atoms with Crippen LogP contribution in [-0.4, -0.2) is 31.7 Å². The molecule has 170 valence electrons. The molecule has 0 unspecified atom stereocenters. The van der Waals surface area contributed by atoms with Gasteiger partial charge in [0.25, 0.3) is 5.91 Å². The molecule has 0 saturated heterocycles. The zero-order valence-electron chi connectivity index (χ0n) is 18.5. The molecule has 34 heavy (non-hydrogen) atoms. The number of fused-ring (bicyclic) bond motifs is 2. The number of thiophene rings is 1. The molecule has 0 aliphatic heterocycles. The summed E-state index contributed by atoms with van der Waals surface area (Å²) in [7, 11) is 0. The highest BCUT2D eigenvalue weighted by molar-refractivity contribution is 7.17. The lowest BCUT2D eigenvalue weighted by molar-refractivity contribution is 0.0990. The molecule has 0 radical (unpaired) electrons. The number of hydrogen-bond donors (Lipinski definition) is 2. The monoisotopic (exact) mass is 468 g/mol. The zero-order chi connectivity index (χ0) is 23.1. The van der Waals surface area contributed by atoms with E-state index in [1.165, 1.54) is 4.70 Å². The maximum Gasteiger partial charge on any atom is 0.280 e. The topological polar surface area (TPSA) is 83.3 Å². The summed E-state index contributed by atoms with van der Waals surface area (Å²) in [6.07, 6.45) is 4.66. The van der Waals surface area contributed by atoms with Crippen LogP contribution >= 0.6 is 11.3 Å². The minimum atomic E-state index is -0.306. The van der Waals surface area contributed by atoms with E-state index >= 15 is 0 Å². The maximum atomic E-state index is 13.3. The van der Waals surface area contributed by atoms with E-state index in [1.807, 2.05) is 42.5 Å². The van der Waals surface area contributed by atoms with Gasteiger partial charge < -0.3 is 14.7 Å². The molecule has 1 fully saturated rings. The number of benzene rings is 2. The number of carbonyl (C=O) groups excluding carboxylic acids is 1. The van der Waals surface area contributed by atoms with Crippen LogP contribution in [-0.2, 0) is 0 Å². The fourth-order valence-corrected chi connectivity index (χ4v) is 5.85. The van der Waals surface area contributed by atoms with Gasteiger partial charge in [-0.15, -0.1) is 11.3 Å². The first-order valence-electron chi connectivity index (χ1n) is 11.6. The predicted octanol–water partition coefficient (Wildman–Crippen LogP) is 5.46. The zero-order valence-corrected chi connectivity index (χ0v) is 19.3. The lowest BCUT2D eigenvalue weighted by Crippen LogP contribution is -2.29. The van der Waals surface area contributed by atoms with Crippen LogP contribution in [0.5, 0.6) is 0 Å². The minimum absolute atomic E-state index is 0.191. The third-order valence-corrected chi connectivity index (χ3v) is 7.60. The third kappa shape index (κ3) is 3.77. The lowest BCUT2D eigenvalue weighted by atomic mass is 9.93. The van der Waals surface area contributed by atoms with Crippen molar-refractivity contribution in [3.8, 4) is 11.3 Å². The van der Waals surface area contributed by atoms with Gasteiger partial charge in [0.1, 0.15) is 0 Å². The number of carbonyl (C=O) groups is 1.